The van der Waals surface area contributed by atoms with Crippen molar-refractivity contribution in [1.29, 1.82) is 0 Å². The van der Waals surface area contributed by atoms with Crippen LogP contribution in [0.3, 0.4) is 0 Å². The Morgan fingerprint density at radius 2 is 2.09 bits per heavy atom. The number of benzene rings is 1. The van der Waals surface area contributed by atoms with Crippen molar-refractivity contribution in [1.82, 2.24) is 10.5 Å². The van der Waals surface area contributed by atoms with Crippen LogP contribution in [0.25, 0.3) is 0 Å². The smallest absolute Gasteiger partial charge is 0.276 e. The number of hydrogen-bond acceptors (Lipinski definition) is 4. The number of hydroxylamine groups is 1. The second-order valence-corrected chi connectivity index (χ2v) is 5.97. The molecule has 1 aliphatic rings. The van der Waals surface area contributed by atoms with Gasteiger partial charge >= 0.3 is 0 Å². The number of hydrogen-bond donors (Lipinski definition) is 2. The van der Waals surface area contributed by atoms with Gasteiger partial charge in [-0.1, -0.05) is 19.1 Å². The van der Waals surface area contributed by atoms with E-state index in [0.717, 1.165) is 11.3 Å². The summed E-state index contributed by atoms with van der Waals surface area (Å²) in [5.74, 6) is 0.556. The Kier molecular flexibility index (Phi) is 3.58. The molecule has 5 nitrogen and oxygen atoms in total. The third-order valence-corrected chi connectivity index (χ3v) is 4.19. The van der Waals surface area contributed by atoms with Crippen molar-refractivity contribution >= 4 is 5.91 Å². The van der Waals surface area contributed by atoms with Gasteiger partial charge < -0.3 is 4.74 Å². The van der Waals surface area contributed by atoms with Gasteiger partial charge in [-0.3, -0.25) is 10.0 Å². The van der Waals surface area contributed by atoms with E-state index >= 15 is 0 Å². The highest BCUT2D eigenvalue weighted by Gasteiger charge is 2.39. The molecule has 0 saturated heterocycles. The molecular weight excluding hydrogens is 280 g/mol. The standard InChI is InChI=1S/C17H18N2O3/c1-11-9-13(17(2)7-8-17)4-5-14(11)22-15-6-3-12(10-18-15)16(20)19-21/h3-6,9-10,21H,7-8H2,1-2H3,(H,19,20). The van der Waals surface area contributed by atoms with Crippen LogP contribution in [0.2, 0.25) is 0 Å². The maximum Gasteiger partial charge on any atom is 0.276 e. The molecule has 0 bridgehead atoms. The maximum absolute atomic E-state index is 11.2. The van der Waals surface area contributed by atoms with Crippen LogP contribution in [0, 0.1) is 6.92 Å². The predicted molar refractivity (Wildman–Crippen MR) is 81.3 cm³/mol. The average Bonchev–Trinajstić information content (AvgIpc) is 3.28. The highest BCUT2D eigenvalue weighted by atomic mass is 16.5. The second kappa shape index (κ2) is 5.42. The Morgan fingerprint density at radius 3 is 2.64 bits per heavy atom. The number of aromatic nitrogens is 1. The fourth-order valence-electron chi connectivity index (χ4n) is 2.37. The van der Waals surface area contributed by atoms with Crippen molar-refractivity contribution in [2.45, 2.75) is 32.1 Å². The summed E-state index contributed by atoms with van der Waals surface area (Å²) in [5.41, 5.74) is 4.57. The van der Waals surface area contributed by atoms with Gasteiger partial charge in [-0.25, -0.2) is 10.5 Å². The van der Waals surface area contributed by atoms with Gasteiger partial charge in [0.1, 0.15) is 5.75 Å². The van der Waals surface area contributed by atoms with Crippen LogP contribution in [-0.2, 0) is 5.41 Å². The van der Waals surface area contributed by atoms with Crippen LogP contribution in [0.1, 0.15) is 41.3 Å². The van der Waals surface area contributed by atoms with Gasteiger partial charge in [0, 0.05) is 12.3 Å². The van der Waals surface area contributed by atoms with Gasteiger partial charge in [0.15, 0.2) is 0 Å². The third-order valence-electron chi connectivity index (χ3n) is 4.19. The van der Waals surface area contributed by atoms with Crippen molar-refractivity contribution in [2.24, 2.45) is 0 Å². The fraction of sp³-hybridized carbons (Fsp3) is 0.294. The van der Waals surface area contributed by atoms with Crippen LogP contribution in [-0.4, -0.2) is 16.1 Å². The minimum atomic E-state index is -0.600. The second-order valence-electron chi connectivity index (χ2n) is 5.97. The Hall–Kier alpha value is -2.40. The zero-order chi connectivity index (χ0) is 15.7. The number of nitrogens with zero attached hydrogens (tertiary/aromatic N) is 1. The molecule has 5 heteroatoms. The molecule has 1 saturated carbocycles. The van der Waals surface area contributed by atoms with Gasteiger partial charge in [-0.15, -0.1) is 0 Å². The molecule has 22 heavy (non-hydrogen) atoms. The lowest BCUT2D eigenvalue weighted by Gasteiger charge is -2.13. The number of ether oxygens (including phenoxy) is 1. The SMILES string of the molecule is Cc1cc(C2(C)CC2)ccc1Oc1ccc(C(=O)NO)cn1. The molecule has 2 N–H and O–H groups in total. The van der Waals surface area contributed by atoms with E-state index in [-0.39, 0.29) is 5.56 Å². The molecular formula is C17H18N2O3. The summed E-state index contributed by atoms with van der Waals surface area (Å²) in [6.45, 7) is 4.28. The van der Waals surface area contributed by atoms with Crippen molar-refractivity contribution in [3.63, 3.8) is 0 Å². The molecule has 0 spiro atoms. The first-order valence-electron chi connectivity index (χ1n) is 7.21. The monoisotopic (exact) mass is 298 g/mol. The lowest BCUT2D eigenvalue weighted by molar-refractivity contribution is 0.0706. The lowest BCUT2D eigenvalue weighted by Crippen LogP contribution is -2.18. The molecule has 1 heterocycles. The molecule has 0 radical (unpaired) electrons. The minimum absolute atomic E-state index is 0.267. The summed E-state index contributed by atoms with van der Waals surface area (Å²) < 4.78 is 5.76. The van der Waals surface area contributed by atoms with Gasteiger partial charge in [-0.05, 0) is 48.4 Å². The number of carbonyl (C=O) groups is 1. The fourth-order valence-corrected chi connectivity index (χ4v) is 2.37. The Labute approximate surface area is 128 Å². The van der Waals surface area contributed by atoms with E-state index in [1.807, 2.05) is 13.0 Å². The van der Waals surface area contributed by atoms with E-state index in [9.17, 15) is 4.79 Å². The lowest BCUT2D eigenvalue weighted by atomic mass is 9.96. The first-order chi connectivity index (χ1) is 10.5. The van der Waals surface area contributed by atoms with E-state index < -0.39 is 5.91 Å². The Bertz CT molecular complexity index is 706. The summed E-state index contributed by atoms with van der Waals surface area (Å²) in [6, 6.07) is 9.37. The summed E-state index contributed by atoms with van der Waals surface area (Å²) in [4.78, 5) is 15.3. The predicted octanol–water partition coefficient (Wildman–Crippen LogP) is 3.35. The molecule has 114 valence electrons. The topological polar surface area (TPSA) is 71.5 Å². The number of rotatable bonds is 4. The van der Waals surface area contributed by atoms with Crippen LogP contribution < -0.4 is 10.2 Å². The number of amides is 1. The molecule has 1 amide bonds. The summed E-state index contributed by atoms with van der Waals surface area (Å²) in [7, 11) is 0. The molecule has 1 fully saturated rings. The van der Waals surface area contributed by atoms with E-state index in [0.29, 0.717) is 11.3 Å². The summed E-state index contributed by atoms with van der Waals surface area (Å²) >= 11 is 0. The Morgan fingerprint density at radius 1 is 1.32 bits per heavy atom. The Balaban J connectivity index is 1.77. The van der Waals surface area contributed by atoms with E-state index in [1.54, 1.807) is 17.6 Å². The highest BCUT2D eigenvalue weighted by Crippen LogP contribution is 2.48. The van der Waals surface area contributed by atoms with E-state index in [1.165, 1.54) is 24.6 Å². The largest absolute Gasteiger partial charge is 0.439 e. The van der Waals surface area contributed by atoms with Crippen molar-refractivity contribution in [2.75, 3.05) is 0 Å². The molecule has 1 aromatic carbocycles. The zero-order valence-corrected chi connectivity index (χ0v) is 12.6. The van der Waals surface area contributed by atoms with Gasteiger partial charge in [-0.2, -0.15) is 0 Å². The average molecular weight is 298 g/mol. The molecule has 3 rings (SSSR count). The maximum atomic E-state index is 11.2. The minimum Gasteiger partial charge on any atom is -0.439 e. The first-order valence-corrected chi connectivity index (χ1v) is 7.21. The number of pyridine rings is 1. The van der Waals surface area contributed by atoms with Crippen LogP contribution in [0.5, 0.6) is 11.6 Å². The van der Waals surface area contributed by atoms with E-state index in [2.05, 4.69) is 24.0 Å². The molecule has 0 unspecified atom stereocenters. The number of aryl methyl sites for hydroxylation is 1. The summed E-state index contributed by atoms with van der Waals surface area (Å²) in [6.07, 6.45) is 3.83. The van der Waals surface area contributed by atoms with Crippen LogP contribution in [0.4, 0.5) is 0 Å². The van der Waals surface area contributed by atoms with Gasteiger partial charge in [0.2, 0.25) is 5.88 Å². The first kappa shape index (κ1) is 14.5. The van der Waals surface area contributed by atoms with Crippen molar-refractivity contribution < 1.29 is 14.7 Å². The highest BCUT2D eigenvalue weighted by molar-refractivity contribution is 5.92. The number of carbonyl (C=O) groups excluding carboxylic acids is 1. The van der Waals surface area contributed by atoms with Gasteiger partial charge in [0.25, 0.3) is 5.91 Å². The van der Waals surface area contributed by atoms with E-state index in [4.69, 9.17) is 9.94 Å². The molecule has 0 atom stereocenters. The molecule has 2 aromatic rings. The van der Waals surface area contributed by atoms with Crippen molar-refractivity contribution in [3.05, 3.63) is 53.2 Å². The van der Waals surface area contributed by atoms with Crippen LogP contribution in [0.15, 0.2) is 36.5 Å². The third kappa shape index (κ3) is 2.80. The van der Waals surface area contributed by atoms with Gasteiger partial charge in [0.05, 0.1) is 5.56 Å². The normalized spacial score (nSPS) is 15.2. The molecule has 1 aliphatic carbocycles. The van der Waals surface area contributed by atoms with Crippen molar-refractivity contribution in [3.8, 4) is 11.6 Å². The van der Waals surface area contributed by atoms with Crippen LogP contribution >= 0.6 is 0 Å². The molecule has 1 aromatic heterocycles. The zero-order valence-electron chi connectivity index (χ0n) is 12.6. The molecule has 0 aliphatic heterocycles. The summed E-state index contributed by atoms with van der Waals surface area (Å²) in [5, 5.41) is 8.57. The number of nitrogens with one attached hydrogen (secondary N) is 1. The quantitative estimate of drug-likeness (QED) is 0.670.